The maximum absolute atomic E-state index is 9.19. The summed E-state index contributed by atoms with van der Waals surface area (Å²) < 4.78 is 0. The van der Waals surface area contributed by atoms with Crippen LogP contribution in [0.15, 0.2) is 24.3 Å². The predicted molar refractivity (Wildman–Crippen MR) is 97.1 cm³/mol. The van der Waals surface area contributed by atoms with Gasteiger partial charge in [-0.1, -0.05) is 38.1 Å². The van der Waals surface area contributed by atoms with E-state index in [1.54, 1.807) is 0 Å². The van der Waals surface area contributed by atoms with Crippen LogP contribution in [0.5, 0.6) is 0 Å². The average Bonchev–Trinajstić information content (AvgIpc) is 3.18. The Balaban J connectivity index is 1.47. The Morgan fingerprint density at radius 1 is 1.16 bits per heavy atom. The van der Waals surface area contributed by atoms with Gasteiger partial charge in [0.25, 0.3) is 0 Å². The lowest BCUT2D eigenvalue weighted by molar-refractivity contribution is 0.281. The van der Waals surface area contributed by atoms with E-state index in [4.69, 9.17) is 4.98 Å². The second kappa shape index (κ2) is 6.89. The quantitative estimate of drug-likeness (QED) is 0.848. The number of nitrogens with zero attached hydrogens (tertiary/aromatic N) is 3. The number of hydrogen-bond donors (Lipinski definition) is 2. The van der Waals surface area contributed by atoms with Crippen molar-refractivity contribution in [3.8, 4) is 0 Å². The van der Waals surface area contributed by atoms with Crippen LogP contribution in [0, 0.1) is 11.8 Å². The molecule has 1 saturated heterocycles. The minimum absolute atomic E-state index is 0.111. The van der Waals surface area contributed by atoms with E-state index >= 15 is 0 Å². The van der Waals surface area contributed by atoms with Crippen LogP contribution in [0.3, 0.4) is 0 Å². The number of H-pyrrole nitrogens is 1. The van der Waals surface area contributed by atoms with Gasteiger partial charge in [0.2, 0.25) is 0 Å². The molecule has 5 heteroatoms. The molecule has 1 aliphatic heterocycles. The van der Waals surface area contributed by atoms with Gasteiger partial charge in [-0.2, -0.15) is 5.10 Å². The van der Waals surface area contributed by atoms with Crippen LogP contribution < -0.4 is 0 Å². The summed E-state index contributed by atoms with van der Waals surface area (Å²) in [5.41, 5.74) is 2.29. The highest BCUT2D eigenvalue weighted by molar-refractivity contribution is 5.22. The van der Waals surface area contributed by atoms with E-state index in [2.05, 4.69) is 41.1 Å². The second-order valence-corrected chi connectivity index (χ2v) is 8.01. The SMILES string of the molecule is CC(C)c1n[nH]c([C@H]2CN(Cc3ccc(CO)cc3)C[C@@H]2C2CC2)n1. The highest BCUT2D eigenvalue weighted by Gasteiger charge is 2.44. The smallest absolute Gasteiger partial charge is 0.153 e. The van der Waals surface area contributed by atoms with Gasteiger partial charge in [-0.05, 0) is 35.8 Å². The van der Waals surface area contributed by atoms with Crippen molar-refractivity contribution < 1.29 is 5.11 Å². The Morgan fingerprint density at radius 2 is 1.88 bits per heavy atom. The molecule has 2 aromatic rings. The Labute approximate surface area is 149 Å². The molecule has 2 heterocycles. The largest absolute Gasteiger partial charge is 0.392 e. The van der Waals surface area contributed by atoms with Gasteiger partial charge in [0.1, 0.15) is 5.82 Å². The first-order chi connectivity index (χ1) is 12.1. The van der Waals surface area contributed by atoms with E-state index in [1.807, 2.05) is 12.1 Å². The van der Waals surface area contributed by atoms with Gasteiger partial charge in [0, 0.05) is 31.5 Å². The summed E-state index contributed by atoms with van der Waals surface area (Å²) in [7, 11) is 0. The molecule has 1 aliphatic carbocycles. The number of aliphatic hydroxyl groups excluding tert-OH is 1. The molecule has 0 unspecified atom stereocenters. The van der Waals surface area contributed by atoms with Gasteiger partial charge in [-0.25, -0.2) is 4.98 Å². The van der Waals surface area contributed by atoms with E-state index in [0.717, 1.165) is 42.8 Å². The molecule has 1 aromatic heterocycles. The standard InChI is InChI=1S/C20H28N4O/c1-13(2)19-21-20(23-22-19)18-11-24(10-17(18)16-7-8-16)9-14-3-5-15(12-25)6-4-14/h3-6,13,16-18,25H,7-12H2,1-2H3,(H,21,22,23)/t17-,18+/m1/s1. The lowest BCUT2D eigenvalue weighted by Crippen LogP contribution is -2.20. The molecule has 2 fully saturated rings. The molecule has 0 radical (unpaired) electrons. The molecule has 1 saturated carbocycles. The van der Waals surface area contributed by atoms with Gasteiger partial charge in [-0.3, -0.25) is 10.00 Å². The molecule has 0 spiro atoms. The van der Waals surface area contributed by atoms with E-state index in [9.17, 15) is 5.11 Å². The summed E-state index contributed by atoms with van der Waals surface area (Å²) in [6, 6.07) is 8.31. The van der Waals surface area contributed by atoms with Crippen molar-refractivity contribution in [1.29, 1.82) is 0 Å². The van der Waals surface area contributed by atoms with Crippen molar-refractivity contribution in [3.05, 3.63) is 47.0 Å². The van der Waals surface area contributed by atoms with Gasteiger partial charge in [0.15, 0.2) is 5.82 Å². The van der Waals surface area contributed by atoms with Crippen molar-refractivity contribution in [2.45, 2.75) is 51.7 Å². The molecule has 2 N–H and O–H groups in total. The number of aromatic nitrogens is 3. The fourth-order valence-corrected chi connectivity index (χ4v) is 4.05. The first-order valence-electron chi connectivity index (χ1n) is 9.47. The topological polar surface area (TPSA) is 65.0 Å². The molecule has 25 heavy (non-hydrogen) atoms. The van der Waals surface area contributed by atoms with Crippen molar-refractivity contribution in [2.24, 2.45) is 11.8 Å². The van der Waals surface area contributed by atoms with Gasteiger partial charge in [-0.15, -0.1) is 0 Å². The van der Waals surface area contributed by atoms with Gasteiger partial charge < -0.3 is 5.11 Å². The van der Waals surface area contributed by atoms with Crippen LogP contribution >= 0.6 is 0 Å². The Hall–Kier alpha value is -1.72. The third-order valence-electron chi connectivity index (χ3n) is 5.67. The zero-order valence-corrected chi connectivity index (χ0v) is 15.2. The molecule has 1 aromatic carbocycles. The zero-order valence-electron chi connectivity index (χ0n) is 15.2. The number of aromatic amines is 1. The van der Waals surface area contributed by atoms with E-state index < -0.39 is 0 Å². The van der Waals surface area contributed by atoms with Crippen molar-refractivity contribution in [3.63, 3.8) is 0 Å². The number of hydrogen-bond acceptors (Lipinski definition) is 4. The van der Waals surface area contributed by atoms with Crippen molar-refractivity contribution in [1.82, 2.24) is 20.1 Å². The third-order valence-corrected chi connectivity index (χ3v) is 5.67. The lowest BCUT2D eigenvalue weighted by Gasteiger charge is -2.16. The number of rotatable bonds is 6. The van der Waals surface area contributed by atoms with E-state index in [1.165, 1.54) is 18.4 Å². The molecule has 4 rings (SSSR count). The highest BCUT2D eigenvalue weighted by Crippen LogP contribution is 2.47. The summed E-state index contributed by atoms with van der Waals surface area (Å²) in [4.78, 5) is 7.35. The Morgan fingerprint density at radius 3 is 2.48 bits per heavy atom. The number of aliphatic hydroxyl groups is 1. The number of nitrogens with one attached hydrogen (secondary N) is 1. The third kappa shape index (κ3) is 3.62. The summed E-state index contributed by atoms with van der Waals surface area (Å²) in [5, 5.41) is 16.8. The van der Waals surface area contributed by atoms with Crippen LogP contribution in [0.1, 0.15) is 61.3 Å². The molecular weight excluding hydrogens is 312 g/mol. The minimum Gasteiger partial charge on any atom is -0.392 e. The molecule has 0 amide bonds. The molecule has 134 valence electrons. The second-order valence-electron chi connectivity index (χ2n) is 8.01. The Bertz CT molecular complexity index is 705. The van der Waals surface area contributed by atoms with Crippen LogP contribution in [0.4, 0.5) is 0 Å². The van der Waals surface area contributed by atoms with Crippen LogP contribution in [0.2, 0.25) is 0 Å². The van der Waals surface area contributed by atoms with Crippen LogP contribution in [-0.2, 0) is 13.2 Å². The summed E-state index contributed by atoms with van der Waals surface area (Å²) in [6.07, 6.45) is 2.73. The lowest BCUT2D eigenvalue weighted by atomic mass is 9.91. The summed E-state index contributed by atoms with van der Waals surface area (Å²) >= 11 is 0. The van der Waals surface area contributed by atoms with Crippen molar-refractivity contribution >= 4 is 0 Å². The summed E-state index contributed by atoms with van der Waals surface area (Å²) in [6.45, 7) is 7.56. The zero-order chi connectivity index (χ0) is 17.4. The monoisotopic (exact) mass is 340 g/mol. The molecule has 5 nitrogen and oxygen atoms in total. The van der Waals surface area contributed by atoms with Gasteiger partial charge >= 0.3 is 0 Å². The maximum Gasteiger partial charge on any atom is 0.153 e. The minimum atomic E-state index is 0.111. The first-order valence-corrected chi connectivity index (χ1v) is 9.47. The first kappa shape index (κ1) is 16.7. The number of likely N-dealkylation sites (tertiary alicyclic amines) is 1. The van der Waals surface area contributed by atoms with Crippen molar-refractivity contribution in [2.75, 3.05) is 13.1 Å². The predicted octanol–water partition coefficient (Wildman–Crippen LogP) is 3.05. The maximum atomic E-state index is 9.19. The fourth-order valence-electron chi connectivity index (χ4n) is 4.05. The normalized spacial score (nSPS) is 24.3. The van der Waals surface area contributed by atoms with Crippen LogP contribution in [-0.4, -0.2) is 38.3 Å². The van der Waals surface area contributed by atoms with Gasteiger partial charge in [0.05, 0.1) is 6.61 Å². The molecule has 0 bridgehead atoms. The van der Waals surface area contributed by atoms with E-state index in [-0.39, 0.29) is 6.61 Å². The molecule has 2 atom stereocenters. The summed E-state index contributed by atoms with van der Waals surface area (Å²) in [5.74, 6) is 4.42. The Kier molecular flexibility index (Phi) is 4.61. The van der Waals surface area contributed by atoms with Crippen LogP contribution in [0.25, 0.3) is 0 Å². The number of benzene rings is 1. The molecular formula is C20H28N4O. The highest BCUT2D eigenvalue weighted by atomic mass is 16.3. The average molecular weight is 340 g/mol. The molecule has 2 aliphatic rings. The van der Waals surface area contributed by atoms with E-state index in [0.29, 0.717) is 17.8 Å². The fraction of sp³-hybridized carbons (Fsp3) is 0.600.